The average molecular weight is 403 g/mol. The minimum absolute atomic E-state index is 0.109. The van der Waals surface area contributed by atoms with E-state index in [9.17, 15) is 4.79 Å². The lowest BCUT2D eigenvalue weighted by atomic mass is 9.91. The van der Waals surface area contributed by atoms with Gasteiger partial charge in [0.25, 0.3) is 0 Å². The molecule has 2 aliphatic heterocycles. The molecule has 0 radical (unpaired) electrons. The molecule has 0 atom stereocenters. The molecule has 5 rings (SSSR count). The third-order valence-electron chi connectivity index (χ3n) is 6.25. The SMILES string of the molecule is CC(=O)N1Cc2sc3ncnc(O[C@H]4CC[C@H](N5CCOCC5)CC4)c3c2C1. The number of carbonyl (C=O) groups excluding carboxylic acids is 1. The monoisotopic (exact) mass is 402 g/mol. The number of thiophene rings is 1. The van der Waals surface area contributed by atoms with E-state index in [1.807, 2.05) is 4.90 Å². The van der Waals surface area contributed by atoms with E-state index in [-0.39, 0.29) is 12.0 Å². The summed E-state index contributed by atoms with van der Waals surface area (Å²) in [4.78, 5) is 27.3. The number of carbonyl (C=O) groups is 1. The maximum absolute atomic E-state index is 11.8. The van der Waals surface area contributed by atoms with Crippen LogP contribution in [0.3, 0.4) is 0 Å². The second kappa shape index (κ2) is 7.57. The molecule has 2 aromatic heterocycles. The van der Waals surface area contributed by atoms with Crippen LogP contribution in [-0.4, -0.2) is 64.1 Å². The molecule has 1 aliphatic carbocycles. The first-order valence-electron chi connectivity index (χ1n) is 10.2. The average Bonchev–Trinajstić information content (AvgIpc) is 3.28. The molecule has 2 fully saturated rings. The Bertz CT molecular complexity index is 872. The van der Waals surface area contributed by atoms with Crippen LogP contribution in [0.25, 0.3) is 10.2 Å². The highest BCUT2D eigenvalue weighted by Crippen LogP contribution is 2.41. The van der Waals surface area contributed by atoms with Gasteiger partial charge in [-0.25, -0.2) is 9.97 Å². The maximum Gasteiger partial charge on any atom is 0.225 e. The zero-order valence-electron chi connectivity index (χ0n) is 16.2. The van der Waals surface area contributed by atoms with Crippen LogP contribution in [0.15, 0.2) is 6.33 Å². The number of nitrogens with zero attached hydrogens (tertiary/aromatic N) is 4. The third-order valence-corrected chi connectivity index (χ3v) is 7.37. The van der Waals surface area contributed by atoms with Gasteiger partial charge < -0.3 is 14.4 Å². The fraction of sp³-hybridized carbons (Fsp3) is 0.650. The van der Waals surface area contributed by atoms with E-state index in [4.69, 9.17) is 9.47 Å². The van der Waals surface area contributed by atoms with E-state index in [1.54, 1.807) is 24.6 Å². The van der Waals surface area contributed by atoms with E-state index in [1.165, 1.54) is 23.3 Å². The van der Waals surface area contributed by atoms with Crippen molar-refractivity contribution in [2.45, 2.75) is 57.8 Å². The number of hydrogen-bond donors (Lipinski definition) is 0. The van der Waals surface area contributed by atoms with Gasteiger partial charge in [0.2, 0.25) is 11.8 Å². The van der Waals surface area contributed by atoms with Crippen LogP contribution in [-0.2, 0) is 22.6 Å². The molecule has 150 valence electrons. The van der Waals surface area contributed by atoms with Gasteiger partial charge in [0, 0.05) is 43.0 Å². The number of hydrogen-bond acceptors (Lipinski definition) is 7. The van der Waals surface area contributed by atoms with Gasteiger partial charge in [0.15, 0.2) is 0 Å². The van der Waals surface area contributed by atoms with Crippen molar-refractivity contribution in [2.24, 2.45) is 0 Å². The number of fused-ring (bicyclic) bond motifs is 3. The number of aromatic nitrogens is 2. The predicted octanol–water partition coefficient (Wildman–Crippen LogP) is 2.58. The van der Waals surface area contributed by atoms with Crippen molar-refractivity contribution >= 4 is 27.5 Å². The maximum atomic E-state index is 11.8. The van der Waals surface area contributed by atoms with Crippen LogP contribution in [0.2, 0.25) is 0 Å². The summed E-state index contributed by atoms with van der Waals surface area (Å²) in [6.07, 6.45) is 6.25. The molecule has 1 amide bonds. The summed E-state index contributed by atoms with van der Waals surface area (Å²) < 4.78 is 11.9. The van der Waals surface area contributed by atoms with Crippen molar-refractivity contribution in [1.29, 1.82) is 0 Å². The lowest BCUT2D eigenvalue weighted by Gasteiger charge is -2.38. The fourth-order valence-electron chi connectivity index (χ4n) is 4.66. The van der Waals surface area contributed by atoms with Crippen LogP contribution in [0.4, 0.5) is 0 Å². The van der Waals surface area contributed by atoms with Crippen molar-refractivity contribution < 1.29 is 14.3 Å². The van der Waals surface area contributed by atoms with Gasteiger partial charge in [-0.2, -0.15) is 0 Å². The Hall–Kier alpha value is -1.77. The van der Waals surface area contributed by atoms with Gasteiger partial charge in [-0.05, 0) is 25.7 Å². The number of morpholine rings is 1. The molecular formula is C20H26N4O3S. The summed E-state index contributed by atoms with van der Waals surface area (Å²) in [6, 6.07) is 0.656. The summed E-state index contributed by atoms with van der Waals surface area (Å²) in [5.74, 6) is 0.806. The van der Waals surface area contributed by atoms with E-state index < -0.39 is 0 Å². The minimum Gasteiger partial charge on any atom is -0.474 e. The topological polar surface area (TPSA) is 67.8 Å². The highest BCUT2D eigenvalue weighted by molar-refractivity contribution is 7.18. The first-order valence-corrected chi connectivity index (χ1v) is 11.0. The summed E-state index contributed by atoms with van der Waals surface area (Å²) >= 11 is 1.66. The summed E-state index contributed by atoms with van der Waals surface area (Å²) in [7, 11) is 0. The smallest absolute Gasteiger partial charge is 0.225 e. The Morgan fingerprint density at radius 3 is 2.71 bits per heavy atom. The van der Waals surface area contributed by atoms with Crippen molar-refractivity contribution in [2.75, 3.05) is 26.3 Å². The molecule has 1 saturated heterocycles. The Morgan fingerprint density at radius 2 is 1.96 bits per heavy atom. The van der Waals surface area contributed by atoms with E-state index in [0.717, 1.165) is 49.4 Å². The second-order valence-electron chi connectivity index (χ2n) is 7.93. The largest absolute Gasteiger partial charge is 0.474 e. The lowest BCUT2D eigenvalue weighted by molar-refractivity contribution is -0.129. The first-order chi connectivity index (χ1) is 13.7. The summed E-state index contributed by atoms with van der Waals surface area (Å²) in [5, 5.41) is 1.02. The summed E-state index contributed by atoms with van der Waals surface area (Å²) in [6.45, 7) is 6.76. The molecule has 3 aliphatic rings. The molecule has 0 bridgehead atoms. The molecule has 8 heteroatoms. The highest BCUT2D eigenvalue weighted by Gasteiger charge is 2.31. The van der Waals surface area contributed by atoms with Crippen LogP contribution < -0.4 is 4.74 Å². The Morgan fingerprint density at radius 1 is 1.18 bits per heavy atom. The Labute approximate surface area is 168 Å². The van der Waals surface area contributed by atoms with Gasteiger partial charge in [-0.3, -0.25) is 9.69 Å². The molecule has 2 aromatic rings. The van der Waals surface area contributed by atoms with Crippen LogP contribution in [0.1, 0.15) is 43.0 Å². The third kappa shape index (κ3) is 3.38. The predicted molar refractivity (Wildman–Crippen MR) is 106 cm³/mol. The minimum atomic E-state index is 0.109. The molecular weight excluding hydrogens is 376 g/mol. The molecule has 4 heterocycles. The molecule has 1 saturated carbocycles. The molecule has 28 heavy (non-hydrogen) atoms. The van der Waals surface area contributed by atoms with Crippen LogP contribution >= 0.6 is 11.3 Å². The van der Waals surface area contributed by atoms with Crippen molar-refractivity contribution in [3.8, 4) is 5.88 Å². The molecule has 0 N–H and O–H groups in total. The van der Waals surface area contributed by atoms with E-state index in [0.29, 0.717) is 25.0 Å². The molecule has 0 spiro atoms. The van der Waals surface area contributed by atoms with Crippen LogP contribution in [0.5, 0.6) is 5.88 Å². The molecule has 7 nitrogen and oxygen atoms in total. The van der Waals surface area contributed by atoms with Gasteiger partial charge in [-0.1, -0.05) is 0 Å². The van der Waals surface area contributed by atoms with Crippen molar-refractivity contribution in [3.63, 3.8) is 0 Å². The summed E-state index contributed by atoms with van der Waals surface area (Å²) in [5.41, 5.74) is 1.17. The molecule has 0 unspecified atom stereocenters. The normalized spacial score (nSPS) is 25.8. The first kappa shape index (κ1) is 18.3. The second-order valence-corrected chi connectivity index (χ2v) is 9.02. The molecule has 0 aromatic carbocycles. The van der Waals surface area contributed by atoms with E-state index in [2.05, 4.69) is 14.9 Å². The number of amides is 1. The van der Waals surface area contributed by atoms with Crippen molar-refractivity contribution in [3.05, 3.63) is 16.8 Å². The number of ether oxygens (including phenoxy) is 2. The fourth-order valence-corrected chi connectivity index (χ4v) is 5.82. The van der Waals surface area contributed by atoms with Gasteiger partial charge in [0.05, 0.1) is 25.1 Å². The Kier molecular flexibility index (Phi) is 4.94. The van der Waals surface area contributed by atoms with E-state index >= 15 is 0 Å². The zero-order valence-corrected chi connectivity index (χ0v) is 17.0. The standard InChI is InChI=1S/C20H26N4O3S/c1-13(25)24-10-16-17(11-24)28-20-18(16)19(21-12-22-20)27-15-4-2-14(3-5-15)23-6-8-26-9-7-23/h12,14-15H,2-11H2,1H3/t14-,15-. The van der Waals surface area contributed by atoms with Crippen LogP contribution in [0, 0.1) is 0 Å². The van der Waals surface area contributed by atoms with Gasteiger partial charge in [-0.15, -0.1) is 11.3 Å². The quantitative estimate of drug-likeness (QED) is 0.786. The number of rotatable bonds is 3. The van der Waals surface area contributed by atoms with Crippen molar-refractivity contribution in [1.82, 2.24) is 19.8 Å². The van der Waals surface area contributed by atoms with Gasteiger partial charge >= 0.3 is 0 Å². The lowest BCUT2D eigenvalue weighted by Crippen LogP contribution is -2.46. The van der Waals surface area contributed by atoms with Gasteiger partial charge in [0.1, 0.15) is 17.3 Å². The highest BCUT2D eigenvalue weighted by atomic mass is 32.1. The Balaban J connectivity index is 1.29. The zero-order chi connectivity index (χ0) is 19.1.